The lowest BCUT2D eigenvalue weighted by atomic mass is 10.0. The Bertz CT molecular complexity index is 666. The van der Waals surface area contributed by atoms with Crippen molar-refractivity contribution in [2.45, 2.75) is 199 Å². The first kappa shape index (κ1) is 41.6. The molecule has 0 aromatic carbocycles. The first-order valence-corrected chi connectivity index (χ1v) is 18.0. The van der Waals surface area contributed by atoms with Gasteiger partial charge in [0.15, 0.2) is 0 Å². The van der Waals surface area contributed by atoms with Gasteiger partial charge in [-0.25, -0.2) is 9.59 Å². The van der Waals surface area contributed by atoms with E-state index in [1.165, 1.54) is 147 Å². The molecule has 0 aromatic rings. The maximum atomic E-state index is 10.7. The molecule has 0 aromatic heterocycles. The number of epoxide rings is 1. The fourth-order valence-corrected chi connectivity index (χ4v) is 5.48. The highest BCUT2D eigenvalue weighted by atomic mass is 16.8. The summed E-state index contributed by atoms with van der Waals surface area (Å²) < 4.78 is 4.83. The van der Waals surface area contributed by atoms with Crippen molar-refractivity contribution in [1.29, 1.82) is 0 Å². The smallest absolute Gasteiger partial charge is 0.367 e. The van der Waals surface area contributed by atoms with E-state index in [9.17, 15) is 14.7 Å². The number of hydrogen-bond donors (Lipinski definition) is 4. The minimum absolute atomic E-state index is 0.343. The lowest BCUT2D eigenvalue weighted by Crippen LogP contribution is -2.26. The predicted molar refractivity (Wildman–Crippen MR) is 176 cm³/mol. The van der Waals surface area contributed by atoms with Gasteiger partial charge in [0.1, 0.15) is 6.10 Å². The molecule has 4 N–H and O–H groups in total. The van der Waals surface area contributed by atoms with Gasteiger partial charge in [-0.2, -0.15) is 0 Å². The molecule has 2 unspecified atom stereocenters. The van der Waals surface area contributed by atoms with Crippen molar-refractivity contribution >= 4 is 11.9 Å². The van der Waals surface area contributed by atoms with Crippen LogP contribution in [0.5, 0.6) is 0 Å². The predicted octanol–water partition coefficient (Wildman–Crippen LogP) is 9.72. The summed E-state index contributed by atoms with van der Waals surface area (Å²) in [6.07, 6.45) is 37.3. The van der Waals surface area contributed by atoms with E-state index in [2.05, 4.69) is 6.92 Å². The van der Waals surface area contributed by atoms with E-state index < -0.39 is 23.8 Å². The maximum absolute atomic E-state index is 10.7. The van der Waals surface area contributed by atoms with Gasteiger partial charge in [-0.05, 0) is 25.7 Å². The number of carboxylic acid groups (broad SMARTS) is 2. The van der Waals surface area contributed by atoms with Gasteiger partial charge in [0.2, 0.25) is 0 Å². The molecule has 0 aliphatic carbocycles. The molecule has 1 heterocycles. The zero-order valence-electron chi connectivity index (χ0n) is 27.8. The summed E-state index contributed by atoms with van der Waals surface area (Å²) >= 11 is 0. The summed E-state index contributed by atoms with van der Waals surface area (Å²) in [5.74, 6) is -3.98. The summed E-state index contributed by atoms with van der Waals surface area (Å²) in [7, 11) is 0. The highest BCUT2D eigenvalue weighted by Crippen LogP contribution is 2.37. The molecule has 1 aliphatic rings. The summed E-state index contributed by atoms with van der Waals surface area (Å²) in [5, 5.41) is 35.2. The van der Waals surface area contributed by atoms with Crippen LogP contribution in [0.1, 0.15) is 187 Å². The molecule has 0 amide bonds. The number of rotatable bonds is 31. The number of allylic oxidation sites excluding steroid dienone is 1. The largest absolute Gasteiger partial charge is 0.478 e. The molecule has 1 aliphatic heterocycles. The van der Waals surface area contributed by atoms with Gasteiger partial charge in [0.25, 0.3) is 5.79 Å². The van der Waals surface area contributed by atoms with Crippen molar-refractivity contribution in [3.8, 4) is 0 Å². The van der Waals surface area contributed by atoms with Crippen LogP contribution in [0.4, 0.5) is 0 Å². The van der Waals surface area contributed by atoms with Gasteiger partial charge in [-0.15, -0.1) is 0 Å². The number of carboxylic acids is 2. The Labute approximate surface area is 263 Å². The fraction of sp³-hybridized carbons (Fsp3) is 0.889. The van der Waals surface area contributed by atoms with Crippen molar-refractivity contribution in [3.63, 3.8) is 0 Å². The van der Waals surface area contributed by atoms with E-state index in [1.54, 1.807) is 6.08 Å². The number of aliphatic carboxylic acids is 2. The molecule has 7 heteroatoms. The lowest BCUT2D eigenvalue weighted by Gasteiger charge is -2.03. The van der Waals surface area contributed by atoms with Gasteiger partial charge in [-0.1, -0.05) is 167 Å². The number of ether oxygens (including phenoxy) is 1. The SMILES string of the molecule is CCCCCCCCCCCCCCCC1OC1(O)C(=O)O.O=C(O)C=CCCCCCCCCCCCCCCCO. The monoisotopic (exact) mass is 612 g/mol. The van der Waals surface area contributed by atoms with Gasteiger partial charge in [0.05, 0.1) is 0 Å². The van der Waals surface area contributed by atoms with E-state index in [1.807, 2.05) is 0 Å². The topological polar surface area (TPSA) is 128 Å². The van der Waals surface area contributed by atoms with Gasteiger partial charge >= 0.3 is 11.9 Å². The number of hydrogen-bond acceptors (Lipinski definition) is 5. The fourth-order valence-electron chi connectivity index (χ4n) is 5.48. The van der Waals surface area contributed by atoms with Crippen molar-refractivity contribution < 1.29 is 34.8 Å². The van der Waals surface area contributed by atoms with Crippen molar-refractivity contribution in [3.05, 3.63) is 12.2 Å². The summed E-state index contributed by atoms with van der Waals surface area (Å²) in [6, 6.07) is 0. The number of aliphatic hydroxyl groups excluding tert-OH is 1. The minimum Gasteiger partial charge on any atom is -0.478 e. The zero-order chi connectivity index (χ0) is 31.9. The third kappa shape index (κ3) is 27.8. The molecule has 0 spiro atoms. The highest BCUT2D eigenvalue weighted by Gasteiger charge is 2.61. The summed E-state index contributed by atoms with van der Waals surface area (Å²) in [6.45, 7) is 2.60. The van der Waals surface area contributed by atoms with Crippen LogP contribution in [0.15, 0.2) is 12.2 Å². The molecule has 7 nitrogen and oxygen atoms in total. The van der Waals surface area contributed by atoms with Gasteiger partial charge in [0, 0.05) is 12.7 Å². The number of unbranched alkanes of at least 4 members (excludes halogenated alkanes) is 25. The molecule has 2 atom stereocenters. The third-order valence-electron chi connectivity index (χ3n) is 8.37. The van der Waals surface area contributed by atoms with E-state index >= 15 is 0 Å². The molecule has 0 radical (unpaired) electrons. The molecular weight excluding hydrogens is 544 g/mol. The van der Waals surface area contributed by atoms with Crippen LogP contribution in [0.25, 0.3) is 0 Å². The molecule has 1 fully saturated rings. The number of aliphatic hydroxyl groups is 2. The Morgan fingerprint density at radius 3 is 1.33 bits per heavy atom. The molecule has 0 saturated carbocycles. The van der Waals surface area contributed by atoms with E-state index in [0.29, 0.717) is 13.0 Å². The summed E-state index contributed by atoms with van der Waals surface area (Å²) in [5.41, 5.74) is 0. The average molecular weight is 613 g/mol. The second-order valence-electron chi connectivity index (χ2n) is 12.5. The Balaban J connectivity index is 0.000000822. The van der Waals surface area contributed by atoms with Crippen LogP contribution in [0.3, 0.4) is 0 Å². The maximum Gasteiger partial charge on any atom is 0.367 e. The van der Waals surface area contributed by atoms with E-state index in [-0.39, 0.29) is 0 Å². The molecule has 1 rings (SSSR count). The second-order valence-corrected chi connectivity index (χ2v) is 12.5. The lowest BCUT2D eigenvalue weighted by molar-refractivity contribution is -0.157. The van der Waals surface area contributed by atoms with E-state index in [4.69, 9.17) is 20.1 Å². The standard InChI is InChI=1S/C18H34O4.C18H34O3/c1-2-3-4-5-6-7-8-9-10-11-12-13-14-15-16-18(21,22-16)17(19)20;19-17-15-13-11-9-7-5-3-1-2-4-6-8-10-12-14-16-18(20)21/h16,21H,2-15H2,1H3,(H,19,20);14,16,19H,1-13,15,17H2,(H,20,21). The number of carbonyl (C=O) groups is 2. The normalized spacial score (nSPS) is 17.6. The molecule has 0 bridgehead atoms. The Morgan fingerprint density at radius 2 is 0.977 bits per heavy atom. The van der Waals surface area contributed by atoms with Crippen molar-refractivity contribution in [2.75, 3.05) is 6.61 Å². The van der Waals surface area contributed by atoms with Crippen LogP contribution < -0.4 is 0 Å². The zero-order valence-corrected chi connectivity index (χ0v) is 27.8. The van der Waals surface area contributed by atoms with Crippen molar-refractivity contribution in [1.82, 2.24) is 0 Å². The molecule has 254 valence electrons. The molecular formula is C36H68O7. The quantitative estimate of drug-likeness (QED) is 0.0348. The Kier molecular flexibility index (Phi) is 29.6. The van der Waals surface area contributed by atoms with Crippen LogP contribution in [-0.2, 0) is 14.3 Å². The third-order valence-corrected chi connectivity index (χ3v) is 8.37. The van der Waals surface area contributed by atoms with Gasteiger partial charge in [-0.3, -0.25) is 0 Å². The summed E-state index contributed by atoms with van der Waals surface area (Å²) in [4.78, 5) is 20.9. The second kappa shape index (κ2) is 30.6. The van der Waals surface area contributed by atoms with Crippen LogP contribution in [0, 0.1) is 0 Å². The molecule has 1 saturated heterocycles. The Hall–Kier alpha value is -1.44. The highest BCUT2D eigenvalue weighted by molar-refractivity contribution is 5.79. The average Bonchev–Trinajstić information content (AvgIpc) is 3.66. The van der Waals surface area contributed by atoms with Crippen LogP contribution in [0.2, 0.25) is 0 Å². The van der Waals surface area contributed by atoms with Crippen molar-refractivity contribution in [2.24, 2.45) is 0 Å². The first-order valence-electron chi connectivity index (χ1n) is 18.0. The Morgan fingerprint density at radius 1 is 0.605 bits per heavy atom. The van der Waals surface area contributed by atoms with E-state index in [0.717, 1.165) is 32.1 Å². The molecule has 43 heavy (non-hydrogen) atoms. The van der Waals surface area contributed by atoms with Crippen LogP contribution >= 0.6 is 0 Å². The van der Waals surface area contributed by atoms with Gasteiger partial charge < -0.3 is 25.2 Å². The van der Waals surface area contributed by atoms with Crippen LogP contribution in [-0.4, -0.2) is 50.9 Å². The first-order chi connectivity index (χ1) is 20.9. The minimum atomic E-state index is -1.88.